The van der Waals surface area contributed by atoms with Crippen LogP contribution in [0.15, 0.2) is 6.07 Å². The summed E-state index contributed by atoms with van der Waals surface area (Å²) in [6.45, 7) is 4.24. The minimum Gasteiger partial charge on any atom is -0.304 e. The molecule has 0 spiro atoms. The summed E-state index contributed by atoms with van der Waals surface area (Å²) >= 11 is 4.87. The van der Waals surface area contributed by atoms with E-state index in [4.69, 9.17) is 12.2 Å². The standard InChI is InChI=1S/C6H10N2S/c1-4(2)5-3-6(9)8-7-5/h3-4H,1-2H3,(H2,7,8,9). The van der Waals surface area contributed by atoms with Gasteiger partial charge in [-0.2, -0.15) is 0 Å². The van der Waals surface area contributed by atoms with Crippen molar-refractivity contribution in [3.63, 3.8) is 0 Å². The van der Waals surface area contributed by atoms with Gasteiger partial charge in [-0.3, -0.25) is 5.10 Å². The van der Waals surface area contributed by atoms with Crippen LogP contribution in [0, 0.1) is 4.64 Å². The van der Waals surface area contributed by atoms with E-state index in [0.717, 1.165) is 4.64 Å². The molecule has 0 aromatic carbocycles. The lowest BCUT2D eigenvalue weighted by Gasteiger charge is -1.96. The normalized spacial score (nSPS) is 10.6. The summed E-state index contributed by atoms with van der Waals surface area (Å²) < 4.78 is 0.777. The van der Waals surface area contributed by atoms with Gasteiger partial charge in [0.2, 0.25) is 0 Å². The minimum atomic E-state index is 0.526. The van der Waals surface area contributed by atoms with E-state index in [1.54, 1.807) is 0 Å². The molecule has 1 aromatic rings. The lowest BCUT2D eigenvalue weighted by molar-refractivity contribution is 0.810. The molecular formula is C6H10N2S. The molecular weight excluding hydrogens is 132 g/mol. The number of H-pyrrole nitrogens is 2. The van der Waals surface area contributed by atoms with Crippen LogP contribution < -0.4 is 0 Å². The topological polar surface area (TPSA) is 31.6 Å². The van der Waals surface area contributed by atoms with Gasteiger partial charge in [0, 0.05) is 5.69 Å². The van der Waals surface area contributed by atoms with E-state index in [0.29, 0.717) is 5.92 Å². The van der Waals surface area contributed by atoms with Gasteiger partial charge in [0.25, 0.3) is 0 Å². The van der Waals surface area contributed by atoms with Crippen molar-refractivity contribution >= 4 is 12.2 Å². The van der Waals surface area contributed by atoms with Gasteiger partial charge < -0.3 is 5.10 Å². The average Bonchev–Trinajstić information content (AvgIpc) is 2.14. The molecule has 0 fully saturated rings. The minimum absolute atomic E-state index is 0.526. The third kappa shape index (κ3) is 1.42. The Hall–Kier alpha value is -0.570. The van der Waals surface area contributed by atoms with Crippen molar-refractivity contribution in [3.8, 4) is 0 Å². The van der Waals surface area contributed by atoms with Gasteiger partial charge in [-0.15, -0.1) is 0 Å². The molecule has 0 atom stereocenters. The summed E-state index contributed by atoms with van der Waals surface area (Å²) in [5.74, 6) is 0.526. The maximum absolute atomic E-state index is 4.87. The number of nitrogens with one attached hydrogen (secondary N) is 2. The van der Waals surface area contributed by atoms with E-state index in [1.165, 1.54) is 5.69 Å². The fourth-order valence-corrected chi connectivity index (χ4v) is 0.836. The first-order chi connectivity index (χ1) is 4.20. The Balaban J connectivity index is 2.98. The first kappa shape index (κ1) is 6.55. The van der Waals surface area contributed by atoms with Crippen molar-refractivity contribution in [1.29, 1.82) is 0 Å². The van der Waals surface area contributed by atoms with E-state index >= 15 is 0 Å². The molecule has 0 unspecified atom stereocenters. The number of hydrogen-bond donors (Lipinski definition) is 2. The molecule has 0 radical (unpaired) electrons. The van der Waals surface area contributed by atoms with E-state index in [2.05, 4.69) is 24.0 Å². The Morgan fingerprint density at radius 2 is 2.11 bits per heavy atom. The van der Waals surface area contributed by atoms with Crippen molar-refractivity contribution in [2.75, 3.05) is 0 Å². The van der Waals surface area contributed by atoms with Crippen molar-refractivity contribution in [2.24, 2.45) is 0 Å². The third-order valence-electron chi connectivity index (χ3n) is 1.24. The zero-order valence-electron chi connectivity index (χ0n) is 5.56. The second-order valence-electron chi connectivity index (χ2n) is 2.37. The molecule has 0 saturated heterocycles. The van der Waals surface area contributed by atoms with E-state index < -0.39 is 0 Å². The highest BCUT2D eigenvalue weighted by Gasteiger charge is 1.97. The molecule has 50 valence electrons. The maximum atomic E-state index is 4.87. The van der Waals surface area contributed by atoms with Crippen molar-refractivity contribution in [1.82, 2.24) is 10.2 Å². The Morgan fingerprint density at radius 1 is 1.44 bits per heavy atom. The zero-order valence-corrected chi connectivity index (χ0v) is 6.38. The average molecular weight is 142 g/mol. The van der Waals surface area contributed by atoms with Crippen LogP contribution in [-0.2, 0) is 0 Å². The van der Waals surface area contributed by atoms with Crippen LogP contribution in [0.2, 0.25) is 0 Å². The van der Waals surface area contributed by atoms with Gasteiger partial charge in [0.05, 0.1) is 0 Å². The summed E-state index contributed by atoms with van der Waals surface area (Å²) in [5.41, 5.74) is 1.17. The molecule has 2 nitrogen and oxygen atoms in total. The van der Waals surface area contributed by atoms with Crippen molar-refractivity contribution < 1.29 is 0 Å². The molecule has 1 rings (SSSR count). The first-order valence-corrected chi connectivity index (χ1v) is 3.38. The van der Waals surface area contributed by atoms with Gasteiger partial charge in [-0.1, -0.05) is 26.1 Å². The summed E-state index contributed by atoms with van der Waals surface area (Å²) in [6.07, 6.45) is 0. The number of hydrogen-bond acceptors (Lipinski definition) is 1. The summed E-state index contributed by atoms with van der Waals surface area (Å²) in [7, 11) is 0. The van der Waals surface area contributed by atoms with Gasteiger partial charge >= 0.3 is 0 Å². The molecule has 0 aliphatic heterocycles. The highest BCUT2D eigenvalue weighted by atomic mass is 32.1. The lowest BCUT2D eigenvalue weighted by atomic mass is 10.1. The second-order valence-corrected chi connectivity index (χ2v) is 2.81. The quantitative estimate of drug-likeness (QED) is 0.579. The van der Waals surface area contributed by atoms with Crippen LogP contribution in [0.1, 0.15) is 25.5 Å². The predicted octanol–water partition coefficient (Wildman–Crippen LogP) is 2.20. The third-order valence-corrected chi connectivity index (χ3v) is 1.46. The lowest BCUT2D eigenvalue weighted by Crippen LogP contribution is -1.85. The Bertz CT molecular complexity index is 233. The van der Waals surface area contributed by atoms with Gasteiger partial charge in [0.1, 0.15) is 4.64 Å². The van der Waals surface area contributed by atoms with Crippen LogP contribution in [-0.4, -0.2) is 10.2 Å². The predicted molar refractivity (Wildman–Crippen MR) is 40.1 cm³/mol. The Labute approximate surface area is 59.3 Å². The molecule has 0 saturated carbocycles. The monoisotopic (exact) mass is 142 g/mol. The molecule has 0 aliphatic rings. The summed E-state index contributed by atoms with van der Waals surface area (Å²) in [4.78, 5) is 0. The van der Waals surface area contributed by atoms with E-state index in [1.807, 2.05) is 6.07 Å². The first-order valence-electron chi connectivity index (χ1n) is 2.97. The number of rotatable bonds is 1. The SMILES string of the molecule is CC(C)c1cc(=S)[nH][nH]1. The molecule has 0 bridgehead atoms. The van der Waals surface area contributed by atoms with Crippen LogP contribution in [0.25, 0.3) is 0 Å². The van der Waals surface area contributed by atoms with Crippen LogP contribution in [0.4, 0.5) is 0 Å². The number of aromatic nitrogens is 2. The van der Waals surface area contributed by atoms with Gasteiger partial charge in [0.15, 0.2) is 0 Å². The van der Waals surface area contributed by atoms with E-state index in [9.17, 15) is 0 Å². The summed E-state index contributed by atoms with van der Waals surface area (Å²) in [5, 5.41) is 5.82. The van der Waals surface area contributed by atoms with Crippen LogP contribution >= 0.6 is 12.2 Å². The van der Waals surface area contributed by atoms with E-state index in [-0.39, 0.29) is 0 Å². The van der Waals surface area contributed by atoms with Gasteiger partial charge in [-0.05, 0) is 12.0 Å². The zero-order chi connectivity index (χ0) is 6.85. The highest BCUT2D eigenvalue weighted by Crippen LogP contribution is 2.08. The molecule has 0 amide bonds. The molecule has 2 N–H and O–H groups in total. The van der Waals surface area contributed by atoms with Crippen molar-refractivity contribution in [3.05, 3.63) is 16.4 Å². The maximum Gasteiger partial charge on any atom is 0.119 e. The van der Waals surface area contributed by atoms with Crippen LogP contribution in [0.5, 0.6) is 0 Å². The molecule has 9 heavy (non-hydrogen) atoms. The largest absolute Gasteiger partial charge is 0.304 e. The highest BCUT2D eigenvalue weighted by molar-refractivity contribution is 7.71. The summed E-state index contributed by atoms with van der Waals surface area (Å²) in [6, 6.07) is 1.94. The fourth-order valence-electron chi connectivity index (χ4n) is 0.658. The Kier molecular flexibility index (Phi) is 1.71. The molecule has 3 heteroatoms. The molecule has 0 aliphatic carbocycles. The van der Waals surface area contributed by atoms with Crippen molar-refractivity contribution in [2.45, 2.75) is 19.8 Å². The van der Waals surface area contributed by atoms with Crippen LogP contribution in [0.3, 0.4) is 0 Å². The fraction of sp³-hybridized carbons (Fsp3) is 0.500. The Morgan fingerprint density at radius 3 is 2.33 bits per heavy atom. The van der Waals surface area contributed by atoms with Gasteiger partial charge in [-0.25, -0.2) is 0 Å². The molecule has 1 aromatic heterocycles. The number of aromatic amines is 2. The second kappa shape index (κ2) is 2.35. The molecule has 1 heterocycles. The smallest absolute Gasteiger partial charge is 0.119 e.